The number of hydrogen-bond donors (Lipinski definition) is 0. The first-order valence-electron chi connectivity index (χ1n) is 7.56. The fourth-order valence-electron chi connectivity index (χ4n) is 2.44. The second kappa shape index (κ2) is 6.08. The largest absolute Gasteiger partial charge is 0.381 e. The fraction of sp³-hybridized carbons (Fsp3) is 0.750. The summed E-state index contributed by atoms with van der Waals surface area (Å²) in [6, 6.07) is 2.67. The molecule has 0 bridgehead atoms. The average Bonchev–Trinajstić information content (AvgIpc) is 2.36. The van der Waals surface area contributed by atoms with Gasteiger partial charge in [0.2, 0.25) is 0 Å². The Hall–Kier alpha value is -1.16. The van der Waals surface area contributed by atoms with Crippen molar-refractivity contribution in [1.29, 1.82) is 0 Å². The fourth-order valence-corrected chi connectivity index (χ4v) is 2.44. The molecule has 112 valence electrons. The van der Waals surface area contributed by atoms with Crippen LogP contribution in [0.15, 0.2) is 6.07 Å². The zero-order valence-corrected chi connectivity index (χ0v) is 13.6. The third-order valence-corrected chi connectivity index (χ3v) is 4.17. The smallest absolute Gasteiger partial charge is 0.133 e. The van der Waals surface area contributed by atoms with Crippen molar-refractivity contribution in [3.05, 3.63) is 17.6 Å². The van der Waals surface area contributed by atoms with E-state index in [-0.39, 0.29) is 0 Å². The monoisotopic (exact) mass is 277 g/mol. The molecule has 1 saturated carbocycles. The average molecular weight is 277 g/mol. The van der Waals surface area contributed by atoms with Gasteiger partial charge in [-0.2, -0.15) is 0 Å². The minimum Gasteiger partial charge on any atom is -0.381 e. The summed E-state index contributed by atoms with van der Waals surface area (Å²) in [5, 5.41) is 0. The predicted molar refractivity (Wildman–Crippen MR) is 82.4 cm³/mol. The molecule has 2 rings (SSSR count). The highest BCUT2D eigenvalue weighted by molar-refractivity contribution is 5.42. The topological polar surface area (TPSA) is 38.2 Å². The molecule has 1 fully saturated rings. The van der Waals surface area contributed by atoms with Gasteiger partial charge in [0.1, 0.15) is 11.6 Å². The van der Waals surface area contributed by atoms with Crippen LogP contribution >= 0.6 is 0 Å². The van der Waals surface area contributed by atoms with E-state index in [1.54, 1.807) is 7.11 Å². The van der Waals surface area contributed by atoms with Crippen molar-refractivity contribution in [2.75, 3.05) is 19.1 Å². The Morgan fingerprint density at radius 3 is 2.30 bits per heavy atom. The first-order chi connectivity index (χ1) is 9.42. The van der Waals surface area contributed by atoms with Gasteiger partial charge in [-0.1, -0.05) is 27.7 Å². The molecule has 0 amide bonds. The minimum atomic E-state index is 0.356. The summed E-state index contributed by atoms with van der Waals surface area (Å²) in [5.41, 5.74) is 1.13. The number of hydrogen-bond acceptors (Lipinski definition) is 4. The van der Waals surface area contributed by atoms with Gasteiger partial charge in [0.05, 0.1) is 6.10 Å². The molecule has 1 heterocycles. The van der Waals surface area contributed by atoms with Crippen LogP contribution in [0.3, 0.4) is 0 Å². The Balaban J connectivity index is 2.22. The summed E-state index contributed by atoms with van der Waals surface area (Å²) < 4.78 is 5.37. The molecule has 1 aromatic rings. The molecule has 20 heavy (non-hydrogen) atoms. The molecule has 1 aromatic heterocycles. The Morgan fingerprint density at radius 1 is 1.15 bits per heavy atom. The maximum atomic E-state index is 5.37. The number of anilines is 1. The van der Waals surface area contributed by atoms with Crippen molar-refractivity contribution in [2.24, 2.45) is 0 Å². The molecule has 0 radical (unpaired) electrons. The van der Waals surface area contributed by atoms with Crippen molar-refractivity contribution in [3.8, 4) is 0 Å². The van der Waals surface area contributed by atoms with Crippen LogP contribution in [-0.2, 0) is 4.74 Å². The van der Waals surface area contributed by atoms with Gasteiger partial charge in [0.25, 0.3) is 0 Å². The summed E-state index contributed by atoms with van der Waals surface area (Å²) in [5.74, 6) is 2.78. The summed E-state index contributed by atoms with van der Waals surface area (Å²) in [6.07, 6.45) is 2.59. The van der Waals surface area contributed by atoms with E-state index in [0.29, 0.717) is 24.0 Å². The van der Waals surface area contributed by atoms with Crippen LogP contribution in [0.4, 0.5) is 5.82 Å². The van der Waals surface area contributed by atoms with E-state index in [9.17, 15) is 0 Å². The molecule has 0 aliphatic heterocycles. The van der Waals surface area contributed by atoms with E-state index in [2.05, 4.69) is 50.7 Å². The Kier molecular flexibility index (Phi) is 4.63. The summed E-state index contributed by atoms with van der Waals surface area (Å²) in [7, 11) is 3.92. The zero-order chi connectivity index (χ0) is 14.9. The maximum Gasteiger partial charge on any atom is 0.133 e. The molecule has 4 heteroatoms. The number of nitrogens with zero attached hydrogens (tertiary/aromatic N) is 3. The second-order valence-electron chi connectivity index (χ2n) is 6.41. The maximum absolute atomic E-state index is 5.37. The Morgan fingerprint density at radius 2 is 1.80 bits per heavy atom. The van der Waals surface area contributed by atoms with Crippen LogP contribution < -0.4 is 4.90 Å². The lowest BCUT2D eigenvalue weighted by Gasteiger charge is -2.41. The van der Waals surface area contributed by atoms with Gasteiger partial charge >= 0.3 is 0 Å². The molecule has 4 nitrogen and oxygen atoms in total. The van der Waals surface area contributed by atoms with Gasteiger partial charge in [-0.05, 0) is 18.8 Å². The summed E-state index contributed by atoms with van der Waals surface area (Å²) >= 11 is 0. The second-order valence-corrected chi connectivity index (χ2v) is 6.41. The van der Waals surface area contributed by atoms with Gasteiger partial charge in [0, 0.05) is 37.9 Å². The Bertz CT molecular complexity index is 427. The number of ether oxygens (including phenoxy) is 1. The quantitative estimate of drug-likeness (QED) is 0.827. The van der Waals surface area contributed by atoms with Crippen LogP contribution in [0.5, 0.6) is 0 Å². The van der Waals surface area contributed by atoms with E-state index in [4.69, 9.17) is 9.72 Å². The predicted octanol–water partition coefficient (Wildman–Crippen LogP) is 3.34. The van der Waals surface area contributed by atoms with Crippen molar-refractivity contribution < 1.29 is 4.74 Å². The van der Waals surface area contributed by atoms with Crippen LogP contribution in [0.2, 0.25) is 0 Å². The van der Waals surface area contributed by atoms with Crippen molar-refractivity contribution in [2.45, 2.75) is 64.5 Å². The van der Waals surface area contributed by atoms with Crippen LogP contribution in [0.25, 0.3) is 0 Å². The van der Waals surface area contributed by atoms with Gasteiger partial charge in [-0.3, -0.25) is 0 Å². The molecule has 0 aromatic carbocycles. The minimum absolute atomic E-state index is 0.356. The standard InChI is InChI=1S/C16H27N3O/c1-10(2)14-9-15(18-16(17-14)11(3)4)19(5)12-7-13(8-12)20-6/h9-13H,7-8H2,1-6H3. The third kappa shape index (κ3) is 3.11. The Labute approximate surface area is 122 Å². The van der Waals surface area contributed by atoms with E-state index in [1.165, 1.54) is 0 Å². The van der Waals surface area contributed by atoms with E-state index in [0.717, 1.165) is 30.2 Å². The molecular formula is C16H27N3O. The van der Waals surface area contributed by atoms with Crippen molar-refractivity contribution in [3.63, 3.8) is 0 Å². The lowest BCUT2D eigenvalue weighted by Crippen LogP contribution is -2.46. The third-order valence-electron chi connectivity index (χ3n) is 4.17. The van der Waals surface area contributed by atoms with Crippen molar-refractivity contribution >= 4 is 5.82 Å². The lowest BCUT2D eigenvalue weighted by atomic mass is 9.88. The molecular weight excluding hydrogens is 250 g/mol. The summed E-state index contributed by atoms with van der Waals surface area (Å²) in [4.78, 5) is 11.7. The molecule has 1 aliphatic rings. The first-order valence-corrected chi connectivity index (χ1v) is 7.56. The van der Waals surface area contributed by atoms with E-state index < -0.39 is 0 Å². The SMILES string of the molecule is COC1CC(N(C)c2cc(C(C)C)nc(C(C)C)n2)C1. The first kappa shape index (κ1) is 15.2. The number of rotatable bonds is 5. The number of methoxy groups -OCH3 is 1. The molecule has 1 aliphatic carbocycles. The molecule has 0 N–H and O–H groups in total. The van der Waals surface area contributed by atoms with Gasteiger partial charge < -0.3 is 9.64 Å². The highest BCUT2D eigenvalue weighted by atomic mass is 16.5. The van der Waals surface area contributed by atoms with Crippen molar-refractivity contribution in [1.82, 2.24) is 9.97 Å². The summed E-state index contributed by atoms with van der Waals surface area (Å²) in [6.45, 7) is 8.65. The molecule has 0 unspecified atom stereocenters. The molecule has 0 spiro atoms. The highest BCUT2D eigenvalue weighted by Gasteiger charge is 2.33. The van der Waals surface area contributed by atoms with E-state index in [1.807, 2.05) is 0 Å². The highest BCUT2D eigenvalue weighted by Crippen LogP contribution is 2.31. The van der Waals surface area contributed by atoms with Crippen LogP contribution in [0.1, 0.15) is 63.9 Å². The van der Waals surface area contributed by atoms with Crippen LogP contribution in [-0.4, -0.2) is 36.3 Å². The molecule has 0 saturated heterocycles. The van der Waals surface area contributed by atoms with Gasteiger partial charge in [0.15, 0.2) is 0 Å². The van der Waals surface area contributed by atoms with Gasteiger partial charge in [-0.15, -0.1) is 0 Å². The zero-order valence-electron chi connectivity index (χ0n) is 13.6. The number of aromatic nitrogens is 2. The van der Waals surface area contributed by atoms with Gasteiger partial charge in [-0.25, -0.2) is 9.97 Å². The lowest BCUT2D eigenvalue weighted by molar-refractivity contribution is 0.0264. The van der Waals surface area contributed by atoms with Crippen LogP contribution in [0, 0.1) is 0 Å². The normalized spacial score (nSPS) is 22.2. The molecule has 0 atom stereocenters. The van der Waals surface area contributed by atoms with E-state index >= 15 is 0 Å².